The molecule has 0 radical (unpaired) electrons. The maximum atomic E-state index is 13.0. The Morgan fingerprint density at radius 1 is 1.43 bits per heavy atom. The zero-order valence-corrected chi connectivity index (χ0v) is 7.48. The minimum absolute atomic E-state index is 0.101. The standard InChI is InChI=1S/C8H8FN5/c1-5-2-3-14(13-5)8-6(10)7(9)11-4-12-8/h2-4H,10H2,1H3. The minimum Gasteiger partial charge on any atom is -0.392 e. The summed E-state index contributed by atoms with van der Waals surface area (Å²) >= 11 is 0. The van der Waals surface area contributed by atoms with Crippen LogP contribution in [0.25, 0.3) is 5.82 Å². The predicted molar refractivity (Wildman–Crippen MR) is 48.3 cm³/mol. The van der Waals surface area contributed by atoms with Gasteiger partial charge in [0.15, 0.2) is 5.82 Å². The zero-order chi connectivity index (χ0) is 10.1. The number of rotatable bonds is 1. The second-order valence-electron chi connectivity index (χ2n) is 2.80. The van der Waals surface area contributed by atoms with Crippen molar-refractivity contribution in [2.45, 2.75) is 6.92 Å². The van der Waals surface area contributed by atoms with Crippen LogP contribution in [-0.4, -0.2) is 19.7 Å². The summed E-state index contributed by atoms with van der Waals surface area (Å²) in [7, 11) is 0. The third kappa shape index (κ3) is 1.30. The fraction of sp³-hybridized carbons (Fsp3) is 0.125. The summed E-state index contributed by atoms with van der Waals surface area (Å²) in [4.78, 5) is 7.17. The van der Waals surface area contributed by atoms with Gasteiger partial charge in [0, 0.05) is 6.20 Å². The molecule has 0 saturated carbocycles. The molecule has 0 aromatic carbocycles. The van der Waals surface area contributed by atoms with E-state index in [2.05, 4.69) is 15.1 Å². The topological polar surface area (TPSA) is 69.6 Å². The Kier molecular flexibility index (Phi) is 1.88. The molecule has 6 heteroatoms. The Bertz CT molecular complexity index is 465. The van der Waals surface area contributed by atoms with Gasteiger partial charge in [0.05, 0.1) is 5.69 Å². The van der Waals surface area contributed by atoms with Crippen molar-refractivity contribution in [2.75, 3.05) is 5.73 Å². The molecule has 0 fully saturated rings. The number of nitrogens with two attached hydrogens (primary N) is 1. The Labute approximate surface area is 79.4 Å². The van der Waals surface area contributed by atoms with E-state index < -0.39 is 5.95 Å². The van der Waals surface area contributed by atoms with Crippen LogP contribution in [0.15, 0.2) is 18.6 Å². The summed E-state index contributed by atoms with van der Waals surface area (Å²) in [6.45, 7) is 1.82. The molecule has 2 rings (SSSR count). The van der Waals surface area contributed by atoms with Crippen molar-refractivity contribution in [3.8, 4) is 5.82 Å². The molecule has 14 heavy (non-hydrogen) atoms. The highest BCUT2D eigenvalue weighted by atomic mass is 19.1. The zero-order valence-electron chi connectivity index (χ0n) is 7.48. The van der Waals surface area contributed by atoms with Crippen molar-refractivity contribution in [3.63, 3.8) is 0 Å². The first kappa shape index (κ1) is 8.61. The average molecular weight is 193 g/mol. The maximum absolute atomic E-state index is 13.0. The monoisotopic (exact) mass is 193 g/mol. The van der Waals surface area contributed by atoms with Gasteiger partial charge in [0.2, 0.25) is 5.95 Å². The third-order valence-corrected chi connectivity index (χ3v) is 1.75. The molecule has 2 aromatic rings. The number of aromatic nitrogens is 4. The van der Waals surface area contributed by atoms with Crippen LogP contribution in [0.4, 0.5) is 10.1 Å². The van der Waals surface area contributed by atoms with Crippen LogP contribution in [0.2, 0.25) is 0 Å². The third-order valence-electron chi connectivity index (χ3n) is 1.75. The van der Waals surface area contributed by atoms with Gasteiger partial charge in [0.25, 0.3) is 0 Å². The van der Waals surface area contributed by atoms with Gasteiger partial charge >= 0.3 is 0 Å². The lowest BCUT2D eigenvalue weighted by Crippen LogP contribution is -2.06. The van der Waals surface area contributed by atoms with E-state index in [1.54, 1.807) is 12.3 Å². The SMILES string of the molecule is Cc1ccn(-c2ncnc(F)c2N)n1. The van der Waals surface area contributed by atoms with Crippen LogP contribution in [-0.2, 0) is 0 Å². The van der Waals surface area contributed by atoms with E-state index in [9.17, 15) is 4.39 Å². The number of aryl methyl sites for hydroxylation is 1. The van der Waals surface area contributed by atoms with Crippen molar-refractivity contribution in [3.05, 3.63) is 30.2 Å². The summed E-state index contributed by atoms with van der Waals surface area (Å²) in [5.41, 5.74) is 6.17. The molecule has 0 saturated heterocycles. The molecule has 2 aromatic heterocycles. The normalized spacial score (nSPS) is 10.4. The minimum atomic E-state index is -0.733. The van der Waals surface area contributed by atoms with Gasteiger partial charge < -0.3 is 5.73 Å². The van der Waals surface area contributed by atoms with Crippen molar-refractivity contribution >= 4 is 5.69 Å². The molecule has 0 aliphatic carbocycles. The van der Waals surface area contributed by atoms with Crippen LogP contribution in [0.5, 0.6) is 0 Å². The van der Waals surface area contributed by atoms with Crippen molar-refractivity contribution in [1.29, 1.82) is 0 Å². The Morgan fingerprint density at radius 3 is 2.86 bits per heavy atom. The first-order chi connectivity index (χ1) is 6.68. The van der Waals surface area contributed by atoms with E-state index >= 15 is 0 Å². The molecule has 0 spiro atoms. The second-order valence-corrected chi connectivity index (χ2v) is 2.80. The second kappa shape index (κ2) is 3.06. The predicted octanol–water partition coefficient (Wildman–Crippen LogP) is 0.692. The Hall–Kier alpha value is -1.98. The van der Waals surface area contributed by atoms with Gasteiger partial charge in [-0.2, -0.15) is 9.49 Å². The van der Waals surface area contributed by atoms with Crippen molar-refractivity contribution < 1.29 is 4.39 Å². The molecule has 0 unspecified atom stereocenters. The Morgan fingerprint density at radius 2 is 2.21 bits per heavy atom. The molecular formula is C8H8FN5. The van der Waals surface area contributed by atoms with Gasteiger partial charge in [0.1, 0.15) is 12.0 Å². The molecule has 72 valence electrons. The number of halogens is 1. The van der Waals surface area contributed by atoms with E-state index in [0.717, 1.165) is 12.0 Å². The highest BCUT2D eigenvalue weighted by Crippen LogP contribution is 2.14. The number of nitrogens with zero attached hydrogens (tertiary/aromatic N) is 4. The summed E-state index contributed by atoms with van der Waals surface area (Å²) in [5, 5.41) is 4.06. The number of hydrogen-bond donors (Lipinski definition) is 1. The fourth-order valence-electron chi connectivity index (χ4n) is 1.08. The molecule has 0 amide bonds. The molecular weight excluding hydrogens is 185 g/mol. The van der Waals surface area contributed by atoms with Crippen LogP contribution in [0, 0.1) is 12.9 Å². The lowest BCUT2D eigenvalue weighted by atomic mass is 10.5. The van der Waals surface area contributed by atoms with E-state index in [1.807, 2.05) is 6.92 Å². The summed E-state index contributed by atoms with van der Waals surface area (Å²) in [6.07, 6.45) is 2.77. The lowest BCUT2D eigenvalue weighted by molar-refractivity contribution is 0.581. The molecule has 2 heterocycles. The van der Waals surface area contributed by atoms with Crippen LogP contribution >= 0.6 is 0 Å². The summed E-state index contributed by atoms with van der Waals surface area (Å²) in [5.74, 6) is -0.478. The average Bonchev–Trinajstić information content (AvgIpc) is 2.57. The molecule has 0 aliphatic rings. The summed E-state index contributed by atoms with van der Waals surface area (Å²) in [6, 6.07) is 1.78. The van der Waals surface area contributed by atoms with E-state index in [-0.39, 0.29) is 11.5 Å². The fourth-order valence-corrected chi connectivity index (χ4v) is 1.08. The van der Waals surface area contributed by atoms with Gasteiger partial charge in [-0.25, -0.2) is 14.6 Å². The van der Waals surface area contributed by atoms with E-state index in [1.165, 1.54) is 4.68 Å². The maximum Gasteiger partial charge on any atom is 0.241 e. The number of anilines is 1. The van der Waals surface area contributed by atoms with Gasteiger partial charge in [-0.1, -0.05) is 0 Å². The molecule has 5 nitrogen and oxygen atoms in total. The van der Waals surface area contributed by atoms with Gasteiger partial charge in [-0.05, 0) is 13.0 Å². The van der Waals surface area contributed by atoms with Crippen molar-refractivity contribution in [1.82, 2.24) is 19.7 Å². The Balaban J connectivity index is 2.57. The van der Waals surface area contributed by atoms with Crippen LogP contribution in [0.3, 0.4) is 0 Å². The van der Waals surface area contributed by atoms with E-state index in [4.69, 9.17) is 5.73 Å². The smallest absolute Gasteiger partial charge is 0.241 e. The number of hydrogen-bond acceptors (Lipinski definition) is 4. The first-order valence-corrected chi connectivity index (χ1v) is 3.97. The molecule has 0 bridgehead atoms. The highest BCUT2D eigenvalue weighted by molar-refractivity contribution is 5.51. The molecule has 2 N–H and O–H groups in total. The number of nitrogen functional groups attached to an aromatic ring is 1. The van der Waals surface area contributed by atoms with E-state index in [0.29, 0.717) is 0 Å². The van der Waals surface area contributed by atoms with Crippen LogP contribution < -0.4 is 5.73 Å². The quantitative estimate of drug-likeness (QED) is 0.676. The van der Waals surface area contributed by atoms with Crippen LogP contribution in [0.1, 0.15) is 5.69 Å². The largest absolute Gasteiger partial charge is 0.392 e. The van der Waals surface area contributed by atoms with Gasteiger partial charge in [-0.3, -0.25) is 0 Å². The lowest BCUT2D eigenvalue weighted by Gasteiger charge is -2.03. The van der Waals surface area contributed by atoms with Gasteiger partial charge in [-0.15, -0.1) is 0 Å². The molecule has 0 aliphatic heterocycles. The molecule has 0 atom stereocenters. The summed E-state index contributed by atoms with van der Waals surface area (Å²) < 4.78 is 14.4. The highest BCUT2D eigenvalue weighted by Gasteiger charge is 2.09. The van der Waals surface area contributed by atoms with Crippen molar-refractivity contribution in [2.24, 2.45) is 0 Å². The first-order valence-electron chi connectivity index (χ1n) is 3.97.